The van der Waals surface area contributed by atoms with E-state index in [0.717, 1.165) is 12.3 Å². The molecule has 0 bridgehead atoms. The van der Waals surface area contributed by atoms with Gasteiger partial charge in [0.1, 0.15) is 5.75 Å². The van der Waals surface area contributed by atoms with E-state index in [4.69, 9.17) is 9.47 Å². The van der Waals surface area contributed by atoms with Gasteiger partial charge in [0, 0.05) is 24.7 Å². The summed E-state index contributed by atoms with van der Waals surface area (Å²) < 4.78 is 10.6. The molecule has 1 aromatic rings. The Bertz CT molecular complexity index is 513. The maximum absolute atomic E-state index is 11.8. The van der Waals surface area contributed by atoms with Crippen molar-refractivity contribution in [1.29, 1.82) is 0 Å². The van der Waals surface area contributed by atoms with E-state index in [1.807, 2.05) is 6.92 Å². The van der Waals surface area contributed by atoms with Crippen LogP contribution in [0.4, 0.5) is 5.69 Å². The SMILES string of the molecule is CCOc1ccc(NC(=O)CNC(=O)CC2COCCN2)cc1. The Labute approximate surface area is 135 Å². The van der Waals surface area contributed by atoms with E-state index in [-0.39, 0.29) is 24.4 Å². The molecule has 0 saturated carbocycles. The first kappa shape index (κ1) is 17.2. The lowest BCUT2D eigenvalue weighted by atomic mass is 10.2. The summed E-state index contributed by atoms with van der Waals surface area (Å²) in [5.41, 5.74) is 0.662. The van der Waals surface area contributed by atoms with Crippen LogP contribution in [-0.2, 0) is 14.3 Å². The molecule has 0 aromatic heterocycles. The van der Waals surface area contributed by atoms with Crippen molar-refractivity contribution in [3.8, 4) is 5.75 Å². The molecule has 7 nitrogen and oxygen atoms in total. The highest BCUT2D eigenvalue weighted by molar-refractivity contribution is 5.94. The molecule has 126 valence electrons. The fourth-order valence-corrected chi connectivity index (χ4v) is 2.23. The molecule has 1 atom stereocenters. The monoisotopic (exact) mass is 321 g/mol. The number of rotatable bonds is 7. The van der Waals surface area contributed by atoms with Gasteiger partial charge in [-0.3, -0.25) is 9.59 Å². The average Bonchev–Trinajstić information content (AvgIpc) is 2.56. The molecule has 1 fully saturated rings. The molecule has 3 N–H and O–H groups in total. The van der Waals surface area contributed by atoms with Crippen molar-refractivity contribution >= 4 is 17.5 Å². The van der Waals surface area contributed by atoms with Gasteiger partial charge in [-0.05, 0) is 31.2 Å². The summed E-state index contributed by atoms with van der Waals surface area (Å²) in [7, 11) is 0. The first-order valence-electron chi connectivity index (χ1n) is 7.78. The van der Waals surface area contributed by atoms with Crippen LogP contribution in [0.25, 0.3) is 0 Å². The molecule has 2 amide bonds. The second kappa shape index (κ2) is 9.12. The van der Waals surface area contributed by atoms with Gasteiger partial charge in [0.05, 0.1) is 26.4 Å². The number of benzene rings is 1. The van der Waals surface area contributed by atoms with Crippen molar-refractivity contribution in [1.82, 2.24) is 10.6 Å². The topological polar surface area (TPSA) is 88.7 Å². The van der Waals surface area contributed by atoms with Crippen molar-refractivity contribution in [2.45, 2.75) is 19.4 Å². The summed E-state index contributed by atoms with van der Waals surface area (Å²) in [6, 6.07) is 7.10. The molecule has 23 heavy (non-hydrogen) atoms. The Hall–Kier alpha value is -2.12. The largest absolute Gasteiger partial charge is 0.494 e. The standard InChI is InChI=1S/C16H23N3O4/c1-2-23-14-5-3-12(4-6-14)19-16(21)10-18-15(20)9-13-11-22-8-7-17-13/h3-6,13,17H,2,7-11H2,1H3,(H,18,20)(H,19,21). The quantitative estimate of drug-likeness (QED) is 0.681. The average molecular weight is 321 g/mol. The van der Waals surface area contributed by atoms with E-state index in [1.54, 1.807) is 24.3 Å². The summed E-state index contributed by atoms with van der Waals surface area (Å²) in [5, 5.41) is 8.53. The minimum atomic E-state index is -0.268. The minimum absolute atomic E-state index is 0.0120. The number of carbonyl (C=O) groups is 2. The van der Waals surface area contributed by atoms with Gasteiger partial charge in [-0.15, -0.1) is 0 Å². The van der Waals surface area contributed by atoms with E-state index >= 15 is 0 Å². The third-order valence-corrected chi connectivity index (χ3v) is 3.33. The maximum atomic E-state index is 11.8. The summed E-state index contributed by atoms with van der Waals surface area (Å²) in [4.78, 5) is 23.6. The number of ether oxygens (including phenoxy) is 2. The Morgan fingerprint density at radius 2 is 2.09 bits per heavy atom. The lowest BCUT2D eigenvalue weighted by Crippen LogP contribution is -2.45. The molecule has 2 rings (SSSR count). The van der Waals surface area contributed by atoms with Crippen molar-refractivity contribution in [2.24, 2.45) is 0 Å². The van der Waals surface area contributed by atoms with E-state index in [1.165, 1.54) is 0 Å². The first-order chi connectivity index (χ1) is 11.2. The molecule has 0 aliphatic carbocycles. The third kappa shape index (κ3) is 6.25. The van der Waals surface area contributed by atoms with Crippen LogP contribution in [0.15, 0.2) is 24.3 Å². The fraction of sp³-hybridized carbons (Fsp3) is 0.500. The Morgan fingerprint density at radius 1 is 1.30 bits per heavy atom. The molecular formula is C16H23N3O4. The zero-order valence-electron chi connectivity index (χ0n) is 13.3. The van der Waals surface area contributed by atoms with Crippen LogP contribution in [0.2, 0.25) is 0 Å². The van der Waals surface area contributed by atoms with Crippen LogP contribution in [0.1, 0.15) is 13.3 Å². The van der Waals surface area contributed by atoms with Crippen LogP contribution < -0.4 is 20.7 Å². The van der Waals surface area contributed by atoms with Crippen molar-refractivity contribution in [3.05, 3.63) is 24.3 Å². The van der Waals surface area contributed by atoms with Gasteiger partial charge in [0.15, 0.2) is 0 Å². The number of anilines is 1. The fourth-order valence-electron chi connectivity index (χ4n) is 2.23. The third-order valence-electron chi connectivity index (χ3n) is 3.33. The predicted molar refractivity (Wildman–Crippen MR) is 86.5 cm³/mol. The number of morpholine rings is 1. The van der Waals surface area contributed by atoms with Gasteiger partial charge < -0.3 is 25.4 Å². The molecule has 1 heterocycles. The molecule has 0 spiro atoms. The summed E-state index contributed by atoms with van der Waals surface area (Å²) in [5.74, 6) is 0.311. The highest BCUT2D eigenvalue weighted by Gasteiger charge is 2.17. The zero-order chi connectivity index (χ0) is 16.5. The van der Waals surface area contributed by atoms with Gasteiger partial charge in [-0.25, -0.2) is 0 Å². The molecule has 1 aliphatic heterocycles. The van der Waals surface area contributed by atoms with Gasteiger partial charge >= 0.3 is 0 Å². The number of amides is 2. The number of hydrogen-bond acceptors (Lipinski definition) is 5. The van der Waals surface area contributed by atoms with Crippen molar-refractivity contribution < 1.29 is 19.1 Å². The van der Waals surface area contributed by atoms with Crippen LogP contribution in [0, 0.1) is 0 Å². The molecule has 1 unspecified atom stereocenters. The van der Waals surface area contributed by atoms with Crippen LogP contribution in [0.3, 0.4) is 0 Å². The van der Waals surface area contributed by atoms with E-state index in [0.29, 0.717) is 31.9 Å². The highest BCUT2D eigenvalue weighted by Crippen LogP contribution is 2.15. The second-order valence-corrected chi connectivity index (χ2v) is 5.21. The summed E-state index contributed by atoms with van der Waals surface area (Å²) in [6.45, 7) is 4.39. The summed E-state index contributed by atoms with van der Waals surface area (Å²) in [6.07, 6.45) is 0.302. The first-order valence-corrected chi connectivity index (χ1v) is 7.78. The van der Waals surface area contributed by atoms with Gasteiger partial charge in [0.2, 0.25) is 11.8 Å². The minimum Gasteiger partial charge on any atom is -0.494 e. The molecule has 1 saturated heterocycles. The van der Waals surface area contributed by atoms with E-state index in [2.05, 4.69) is 16.0 Å². The van der Waals surface area contributed by atoms with Crippen LogP contribution in [-0.4, -0.2) is 50.8 Å². The van der Waals surface area contributed by atoms with E-state index in [9.17, 15) is 9.59 Å². The highest BCUT2D eigenvalue weighted by atomic mass is 16.5. The number of nitrogens with one attached hydrogen (secondary N) is 3. The number of carbonyl (C=O) groups excluding carboxylic acids is 2. The van der Waals surface area contributed by atoms with Crippen LogP contribution in [0.5, 0.6) is 5.75 Å². The van der Waals surface area contributed by atoms with Gasteiger partial charge in [-0.2, -0.15) is 0 Å². The zero-order valence-corrected chi connectivity index (χ0v) is 13.3. The Morgan fingerprint density at radius 3 is 2.74 bits per heavy atom. The normalized spacial score (nSPS) is 17.3. The Balaban J connectivity index is 1.68. The van der Waals surface area contributed by atoms with Gasteiger partial charge in [0.25, 0.3) is 0 Å². The molecule has 0 radical (unpaired) electrons. The molecular weight excluding hydrogens is 298 g/mol. The smallest absolute Gasteiger partial charge is 0.243 e. The van der Waals surface area contributed by atoms with Gasteiger partial charge in [-0.1, -0.05) is 0 Å². The Kier molecular flexibility index (Phi) is 6.83. The van der Waals surface area contributed by atoms with Crippen molar-refractivity contribution in [3.63, 3.8) is 0 Å². The molecule has 7 heteroatoms. The van der Waals surface area contributed by atoms with E-state index < -0.39 is 0 Å². The summed E-state index contributed by atoms with van der Waals surface area (Å²) >= 11 is 0. The maximum Gasteiger partial charge on any atom is 0.243 e. The molecule has 1 aromatic carbocycles. The lowest BCUT2D eigenvalue weighted by Gasteiger charge is -2.23. The second-order valence-electron chi connectivity index (χ2n) is 5.21. The van der Waals surface area contributed by atoms with Crippen LogP contribution >= 0.6 is 0 Å². The van der Waals surface area contributed by atoms with Crippen molar-refractivity contribution in [2.75, 3.05) is 38.2 Å². The number of hydrogen-bond donors (Lipinski definition) is 3. The predicted octanol–water partition coefficient (Wildman–Crippen LogP) is 0.519. The molecule has 1 aliphatic rings. The lowest BCUT2D eigenvalue weighted by molar-refractivity contribution is -0.125.